The van der Waals surface area contributed by atoms with Gasteiger partial charge in [0.15, 0.2) is 0 Å². The number of carboxylic acid groups (broad SMARTS) is 1. The number of aryl methyl sites for hydroxylation is 2. The highest BCUT2D eigenvalue weighted by molar-refractivity contribution is 5.76. The van der Waals surface area contributed by atoms with E-state index in [-0.39, 0.29) is 36.8 Å². The molecular weight excluding hydrogens is 501 g/mol. The number of nitrogens with zero attached hydrogens (tertiary/aromatic N) is 4. The molecule has 3 aromatic rings. The van der Waals surface area contributed by atoms with Crippen LogP contribution in [0.1, 0.15) is 46.8 Å². The second-order valence-corrected chi connectivity index (χ2v) is 9.12. The number of amides is 2. The smallest absolute Gasteiger partial charge is 0.419 e. The monoisotopic (exact) mass is 528 g/mol. The van der Waals surface area contributed by atoms with E-state index in [2.05, 4.69) is 20.3 Å². The number of aromatic nitrogens is 3. The van der Waals surface area contributed by atoms with Crippen LogP contribution in [-0.2, 0) is 30.2 Å². The first-order valence-electron chi connectivity index (χ1n) is 12.1. The number of hydrogen-bond donors (Lipinski definition) is 3. The van der Waals surface area contributed by atoms with Crippen molar-refractivity contribution < 1.29 is 27.9 Å². The molecule has 0 spiro atoms. The molecule has 1 aromatic carbocycles. The van der Waals surface area contributed by atoms with E-state index in [9.17, 15) is 27.9 Å². The van der Waals surface area contributed by atoms with Gasteiger partial charge in [0.1, 0.15) is 0 Å². The number of alkyl halides is 3. The molecule has 1 fully saturated rings. The highest BCUT2D eigenvalue weighted by Gasteiger charge is 2.35. The Balaban J connectivity index is 1.50. The number of halogens is 3. The van der Waals surface area contributed by atoms with Crippen LogP contribution >= 0.6 is 0 Å². The number of rotatable bonds is 8. The fraction of sp³-hybridized carbons (Fsp3) is 0.346. The molecule has 2 aromatic heterocycles. The maximum absolute atomic E-state index is 13.7. The first-order valence-corrected chi connectivity index (χ1v) is 12.1. The highest BCUT2D eigenvalue weighted by atomic mass is 19.4. The number of carbonyl (C=O) groups excluding carboxylic acids is 1. The molecule has 0 saturated carbocycles. The summed E-state index contributed by atoms with van der Waals surface area (Å²) in [6.45, 7) is 0.941. The third kappa shape index (κ3) is 6.75. The molecule has 0 aliphatic carbocycles. The third-order valence-corrected chi connectivity index (χ3v) is 6.45. The van der Waals surface area contributed by atoms with Crippen molar-refractivity contribution in [3.63, 3.8) is 0 Å². The van der Waals surface area contributed by atoms with E-state index in [1.807, 2.05) is 12.1 Å². The minimum Gasteiger partial charge on any atom is -0.465 e. The molecule has 1 aliphatic heterocycles. The molecule has 0 radical (unpaired) electrons. The Morgan fingerprint density at radius 2 is 1.84 bits per heavy atom. The summed E-state index contributed by atoms with van der Waals surface area (Å²) >= 11 is 0. The summed E-state index contributed by atoms with van der Waals surface area (Å²) in [6.07, 6.45) is -1.66. The van der Waals surface area contributed by atoms with Gasteiger partial charge in [0.05, 0.1) is 17.7 Å². The number of benzene rings is 1. The van der Waals surface area contributed by atoms with Crippen LogP contribution in [0.15, 0.2) is 48.8 Å². The summed E-state index contributed by atoms with van der Waals surface area (Å²) < 4.78 is 41.0. The van der Waals surface area contributed by atoms with Crippen LogP contribution < -0.4 is 11.1 Å². The summed E-state index contributed by atoms with van der Waals surface area (Å²) in [6, 6.07) is 10.6. The van der Waals surface area contributed by atoms with Crippen molar-refractivity contribution in [2.24, 2.45) is 5.73 Å². The summed E-state index contributed by atoms with van der Waals surface area (Å²) in [5.41, 5.74) is 6.75. The van der Waals surface area contributed by atoms with Gasteiger partial charge in [-0.15, -0.1) is 0 Å². The number of nitrogens with one attached hydrogen (secondary N) is 1. The zero-order chi connectivity index (χ0) is 27.3. The Morgan fingerprint density at radius 3 is 2.53 bits per heavy atom. The van der Waals surface area contributed by atoms with Crippen LogP contribution in [0.4, 0.5) is 29.6 Å². The molecule has 1 atom stereocenters. The number of pyridine rings is 1. The molecule has 0 bridgehead atoms. The molecule has 1 unspecified atom stereocenters. The number of hydrogen-bond acceptors (Lipinski definition) is 6. The van der Waals surface area contributed by atoms with Crippen LogP contribution in [-0.4, -0.2) is 50.0 Å². The zero-order valence-corrected chi connectivity index (χ0v) is 20.4. The fourth-order valence-corrected chi connectivity index (χ4v) is 4.58. The molecule has 3 heterocycles. The second kappa shape index (κ2) is 11.4. The Labute approximate surface area is 216 Å². The molecule has 38 heavy (non-hydrogen) atoms. The molecular formula is C26H27F3N6O3. The van der Waals surface area contributed by atoms with E-state index < -0.39 is 23.7 Å². The van der Waals surface area contributed by atoms with E-state index in [1.54, 1.807) is 24.3 Å². The molecule has 4 N–H and O–H groups in total. The molecule has 12 heteroatoms. The van der Waals surface area contributed by atoms with Crippen molar-refractivity contribution in [2.75, 3.05) is 18.4 Å². The molecule has 1 aliphatic rings. The van der Waals surface area contributed by atoms with Gasteiger partial charge >= 0.3 is 12.3 Å². The first kappa shape index (κ1) is 26.8. The van der Waals surface area contributed by atoms with Gasteiger partial charge in [-0.05, 0) is 55.0 Å². The number of nitrogens with two attached hydrogens (primary N) is 1. The minimum absolute atomic E-state index is 0.00819. The highest BCUT2D eigenvalue weighted by Crippen LogP contribution is 2.33. The summed E-state index contributed by atoms with van der Waals surface area (Å²) in [7, 11) is 0. The van der Waals surface area contributed by atoms with E-state index in [1.165, 1.54) is 11.1 Å². The van der Waals surface area contributed by atoms with Gasteiger partial charge in [-0.25, -0.2) is 14.8 Å². The Kier molecular flexibility index (Phi) is 8.08. The number of piperidine rings is 1. The number of likely N-dealkylation sites (tertiary alicyclic amines) is 1. The van der Waals surface area contributed by atoms with Gasteiger partial charge in [-0.2, -0.15) is 13.2 Å². The van der Waals surface area contributed by atoms with E-state index in [4.69, 9.17) is 5.73 Å². The lowest BCUT2D eigenvalue weighted by Crippen LogP contribution is -2.38. The van der Waals surface area contributed by atoms with Crippen LogP contribution in [0.5, 0.6) is 0 Å². The van der Waals surface area contributed by atoms with Crippen LogP contribution in [0.3, 0.4) is 0 Å². The van der Waals surface area contributed by atoms with Gasteiger partial charge < -0.3 is 21.1 Å². The van der Waals surface area contributed by atoms with Gasteiger partial charge in [-0.1, -0.05) is 18.2 Å². The first-order chi connectivity index (χ1) is 18.1. The maximum Gasteiger partial charge on any atom is 0.419 e. The van der Waals surface area contributed by atoms with Gasteiger partial charge in [0.25, 0.3) is 0 Å². The predicted molar refractivity (Wildman–Crippen MR) is 133 cm³/mol. The lowest BCUT2D eigenvalue weighted by molar-refractivity contribution is -0.138. The standard InChI is InChI=1S/C26H27F3N6O3/c27-26(28,29)20-14-32-24(34-22(20)10-9-21-17(13-23(30)36)3-1-11-31-21)33-19-7-5-16(6-8-19)18-4-2-12-35(15-18)25(37)38/h1,3,5-8,11,14,18H,2,4,9-10,12-13,15H2,(H2,30,36)(H,37,38)(H,32,33,34). The molecule has 9 nitrogen and oxygen atoms in total. The molecule has 1 saturated heterocycles. The van der Waals surface area contributed by atoms with Crippen molar-refractivity contribution >= 4 is 23.6 Å². The van der Waals surface area contributed by atoms with Crippen molar-refractivity contribution in [3.8, 4) is 0 Å². The van der Waals surface area contributed by atoms with Crippen molar-refractivity contribution in [1.82, 2.24) is 19.9 Å². The van der Waals surface area contributed by atoms with Crippen LogP contribution in [0, 0.1) is 0 Å². The van der Waals surface area contributed by atoms with Crippen molar-refractivity contribution in [1.29, 1.82) is 0 Å². The second-order valence-electron chi connectivity index (χ2n) is 9.12. The molecule has 2 amide bonds. The summed E-state index contributed by atoms with van der Waals surface area (Å²) in [5.74, 6) is -0.472. The maximum atomic E-state index is 13.7. The SMILES string of the molecule is NC(=O)Cc1cccnc1CCc1nc(Nc2ccc(C3CCCN(C(=O)O)C3)cc2)ncc1C(F)(F)F. The van der Waals surface area contributed by atoms with E-state index in [0.29, 0.717) is 30.0 Å². The van der Waals surface area contributed by atoms with Crippen LogP contribution in [0.25, 0.3) is 0 Å². The van der Waals surface area contributed by atoms with Gasteiger partial charge in [-0.3, -0.25) is 9.78 Å². The lowest BCUT2D eigenvalue weighted by atomic mass is 9.91. The van der Waals surface area contributed by atoms with Gasteiger partial charge in [0.2, 0.25) is 11.9 Å². The van der Waals surface area contributed by atoms with Gasteiger partial charge in [0, 0.05) is 42.8 Å². The summed E-state index contributed by atoms with van der Waals surface area (Å²) in [4.78, 5) is 36.3. The Bertz CT molecular complexity index is 1300. The predicted octanol–water partition coefficient (Wildman–Crippen LogP) is 4.30. The van der Waals surface area contributed by atoms with E-state index in [0.717, 1.165) is 24.6 Å². The lowest BCUT2D eigenvalue weighted by Gasteiger charge is -2.31. The van der Waals surface area contributed by atoms with Crippen molar-refractivity contribution in [3.05, 3.63) is 76.9 Å². The fourth-order valence-electron chi connectivity index (χ4n) is 4.58. The van der Waals surface area contributed by atoms with E-state index >= 15 is 0 Å². The molecule has 200 valence electrons. The van der Waals surface area contributed by atoms with Crippen molar-refractivity contribution in [2.45, 2.75) is 44.2 Å². The number of carbonyl (C=O) groups is 2. The average molecular weight is 529 g/mol. The minimum atomic E-state index is -4.64. The Hall–Kier alpha value is -4.22. The number of anilines is 2. The quantitative estimate of drug-likeness (QED) is 0.397. The Morgan fingerprint density at radius 1 is 1.11 bits per heavy atom. The topological polar surface area (TPSA) is 134 Å². The van der Waals surface area contributed by atoms with Crippen LogP contribution in [0.2, 0.25) is 0 Å². The number of primary amides is 1. The third-order valence-electron chi connectivity index (χ3n) is 6.45. The average Bonchev–Trinajstić information content (AvgIpc) is 2.88. The zero-order valence-electron chi connectivity index (χ0n) is 20.4. The normalized spacial score (nSPS) is 15.8. The largest absolute Gasteiger partial charge is 0.465 e. The summed E-state index contributed by atoms with van der Waals surface area (Å²) in [5, 5.41) is 12.2. The molecule has 4 rings (SSSR count).